The van der Waals surface area contributed by atoms with Gasteiger partial charge in [0.25, 0.3) is 5.91 Å². The molecule has 3 heterocycles. The predicted molar refractivity (Wildman–Crippen MR) is 89.5 cm³/mol. The lowest BCUT2D eigenvalue weighted by Gasteiger charge is -2.35. The largest absolute Gasteiger partial charge is 0.330 e. The highest BCUT2D eigenvalue weighted by atomic mass is 35.5. The minimum absolute atomic E-state index is 0. The van der Waals surface area contributed by atoms with Crippen molar-refractivity contribution in [3.63, 3.8) is 0 Å². The van der Waals surface area contributed by atoms with Gasteiger partial charge in [0.2, 0.25) is 0 Å². The van der Waals surface area contributed by atoms with Gasteiger partial charge < -0.3 is 10.2 Å². The zero-order chi connectivity index (χ0) is 15.3. The van der Waals surface area contributed by atoms with E-state index in [1.807, 2.05) is 17.9 Å². The van der Waals surface area contributed by atoms with Crippen LogP contribution in [-0.4, -0.2) is 41.0 Å². The van der Waals surface area contributed by atoms with Crippen molar-refractivity contribution in [2.24, 2.45) is 0 Å². The summed E-state index contributed by atoms with van der Waals surface area (Å²) < 4.78 is 13.4. The number of hydrogen-bond donors (Lipinski definition) is 1. The lowest BCUT2D eigenvalue weighted by Crippen LogP contribution is -2.54. The topological polar surface area (TPSA) is 45.2 Å². The number of aromatic nitrogens is 1. The summed E-state index contributed by atoms with van der Waals surface area (Å²) in [5.74, 6) is -0.276. The fourth-order valence-electron chi connectivity index (χ4n) is 3.76. The maximum Gasteiger partial charge on any atom is 0.255 e. The molecule has 2 aliphatic rings. The summed E-state index contributed by atoms with van der Waals surface area (Å²) in [5, 5.41) is 4.11. The first-order chi connectivity index (χ1) is 10.6. The van der Waals surface area contributed by atoms with E-state index in [1.54, 1.807) is 6.07 Å². The van der Waals surface area contributed by atoms with Gasteiger partial charge in [0.1, 0.15) is 5.82 Å². The molecule has 1 aromatic carbocycles. The summed E-state index contributed by atoms with van der Waals surface area (Å²) in [7, 11) is 0. The van der Waals surface area contributed by atoms with Gasteiger partial charge in [-0.25, -0.2) is 4.39 Å². The second-order valence-electron chi connectivity index (χ2n) is 6.23. The average Bonchev–Trinajstić information content (AvgIpc) is 2.74. The van der Waals surface area contributed by atoms with Gasteiger partial charge in [-0.2, -0.15) is 0 Å². The zero-order valence-corrected chi connectivity index (χ0v) is 13.7. The molecule has 2 bridgehead atoms. The summed E-state index contributed by atoms with van der Waals surface area (Å²) in [6, 6.07) is 6.82. The molecule has 122 valence electrons. The van der Waals surface area contributed by atoms with Crippen LogP contribution in [0.1, 0.15) is 28.9 Å². The number of aryl methyl sites for hydroxylation is 1. The Bertz CT molecular complexity index is 746. The van der Waals surface area contributed by atoms with E-state index in [0.717, 1.165) is 37.0 Å². The molecule has 0 radical (unpaired) electrons. The third-order valence-electron chi connectivity index (χ3n) is 4.74. The van der Waals surface area contributed by atoms with Gasteiger partial charge in [-0.05, 0) is 38.0 Å². The highest BCUT2D eigenvalue weighted by molar-refractivity contribution is 6.06. The molecule has 2 fully saturated rings. The summed E-state index contributed by atoms with van der Waals surface area (Å²) >= 11 is 0. The van der Waals surface area contributed by atoms with Crippen LogP contribution in [0.15, 0.2) is 24.3 Å². The molecular formula is C17H19ClFN3O. The molecule has 1 aromatic heterocycles. The van der Waals surface area contributed by atoms with E-state index in [1.165, 1.54) is 12.1 Å². The zero-order valence-electron chi connectivity index (χ0n) is 12.9. The second kappa shape index (κ2) is 6.06. The molecule has 2 saturated heterocycles. The van der Waals surface area contributed by atoms with Crippen molar-refractivity contribution in [3.05, 3.63) is 41.3 Å². The van der Waals surface area contributed by atoms with Crippen LogP contribution in [0.4, 0.5) is 4.39 Å². The first kappa shape index (κ1) is 16.1. The van der Waals surface area contributed by atoms with Crippen LogP contribution < -0.4 is 5.32 Å². The van der Waals surface area contributed by atoms with Gasteiger partial charge in [0, 0.05) is 42.3 Å². The average molecular weight is 336 g/mol. The number of halogens is 2. The van der Waals surface area contributed by atoms with Crippen LogP contribution in [0.2, 0.25) is 0 Å². The summed E-state index contributed by atoms with van der Waals surface area (Å²) in [5.41, 5.74) is 1.93. The molecule has 2 aromatic rings. The fourth-order valence-corrected chi connectivity index (χ4v) is 3.76. The van der Waals surface area contributed by atoms with E-state index in [-0.39, 0.29) is 36.2 Å². The number of carbonyl (C=O) groups excluding carboxylic acids is 1. The molecule has 0 unspecified atom stereocenters. The van der Waals surface area contributed by atoms with E-state index in [2.05, 4.69) is 10.3 Å². The van der Waals surface area contributed by atoms with E-state index in [9.17, 15) is 9.18 Å². The number of carbonyl (C=O) groups is 1. The van der Waals surface area contributed by atoms with Crippen molar-refractivity contribution in [1.29, 1.82) is 0 Å². The molecule has 0 spiro atoms. The van der Waals surface area contributed by atoms with Gasteiger partial charge >= 0.3 is 0 Å². The van der Waals surface area contributed by atoms with Crippen molar-refractivity contribution >= 4 is 29.2 Å². The van der Waals surface area contributed by atoms with Crippen molar-refractivity contribution in [3.8, 4) is 0 Å². The maximum absolute atomic E-state index is 13.4. The molecule has 1 amide bonds. The first-order valence-corrected chi connectivity index (χ1v) is 7.74. The van der Waals surface area contributed by atoms with Crippen LogP contribution in [-0.2, 0) is 0 Å². The Balaban J connectivity index is 0.00000156. The number of rotatable bonds is 1. The fraction of sp³-hybridized carbons (Fsp3) is 0.412. The van der Waals surface area contributed by atoms with Crippen LogP contribution in [0.3, 0.4) is 0 Å². The molecule has 4 nitrogen and oxygen atoms in total. The molecule has 6 heteroatoms. The van der Waals surface area contributed by atoms with Gasteiger partial charge in [0.05, 0.1) is 11.1 Å². The SMILES string of the molecule is Cc1cc(C(=O)N2[C@@H]3CC[C@H]2CNC3)c2ccc(F)cc2n1.Cl. The maximum atomic E-state index is 13.4. The van der Waals surface area contributed by atoms with E-state index < -0.39 is 0 Å². The third kappa shape index (κ3) is 2.68. The molecule has 23 heavy (non-hydrogen) atoms. The quantitative estimate of drug-likeness (QED) is 0.871. The van der Waals surface area contributed by atoms with Crippen LogP contribution >= 0.6 is 12.4 Å². The van der Waals surface area contributed by atoms with Crippen molar-refractivity contribution in [1.82, 2.24) is 15.2 Å². The monoisotopic (exact) mass is 335 g/mol. The number of nitrogens with zero attached hydrogens (tertiary/aromatic N) is 2. The third-order valence-corrected chi connectivity index (χ3v) is 4.74. The molecule has 2 aliphatic heterocycles. The van der Waals surface area contributed by atoms with Crippen LogP contribution in [0, 0.1) is 12.7 Å². The van der Waals surface area contributed by atoms with Gasteiger partial charge in [-0.3, -0.25) is 9.78 Å². The van der Waals surface area contributed by atoms with Gasteiger partial charge in [-0.15, -0.1) is 12.4 Å². The summed E-state index contributed by atoms with van der Waals surface area (Å²) in [6.45, 7) is 3.56. The number of nitrogens with one attached hydrogen (secondary N) is 1. The van der Waals surface area contributed by atoms with E-state index >= 15 is 0 Å². The Morgan fingerprint density at radius 2 is 1.96 bits per heavy atom. The highest BCUT2D eigenvalue weighted by Gasteiger charge is 2.40. The van der Waals surface area contributed by atoms with Crippen LogP contribution in [0.5, 0.6) is 0 Å². The second-order valence-corrected chi connectivity index (χ2v) is 6.23. The lowest BCUT2D eigenvalue weighted by atomic mass is 10.0. The standard InChI is InChI=1S/C17H18FN3O.ClH/c1-10-6-15(14-5-2-11(18)7-16(14)20-10)17(22)21-12-3-4-13(21)9-19-8-12;/h2,5-7,12-13,19H,3-4,8-9H2,1H3;1H/t12-,13+;. The molecule has 0 aliphatic carbocycles. The molecule has 4 rings (SSSR count). The van der Waals surface area contributed by atoms with Crippen LogP contribution in [0.25, 0.3) is 10.9 Å². The smallest absolute Gasteiger partial charge is 0.255 e. The summed E-state index contributed by atoms with van der Waals surface area (Å²) in [6.07, 6.45) is 2.11. The number of piperazine rings is 1. The normalized spacial score (nSPS) is 23.0. The van der Waals surface area contributed by atoms with Crippen molar-refractivity contribution in [2.75, 3.05) is 13.1 Å². The highest BCUT2D eigenvalue weighted by Crippen LogP contribution is 2.30. The van der Waals surface area contributed by atoms with Crippen molar-refractivity contribution < 1.29 is 9.18 Å². The van der Waals surface area contributed by atoms with Gasteiger partial charge in [-0.1, -0.05) is 0 Å². The number of fused-ring (bicyclic) bond motifs is 3. The minimum Gasteiger partial charge on any atom is -0.330 e. The predicted octanol–water partition coefficient (Wildman–Crippen LogP) is 2.68. The first-order valence-electron chi connectivity index (χ1n) is 7.74. The van der Waals surface area contributed by atoms with Gasteiger partial charge in [0.15, 0.2) is 0 Å². The molecule has 2 atom stereocenters. The van der Waals surface area contributed by atoms with E-state index in [0.29, 0.717) is 11.1 Å². The number of benzene rings is 1. The Hall–Kier alpha value is -1.72. The minimum atomic E-state index is -0.328. The summed E-state index contributed by atoms with van der Waals surface area (Å²) in [4.78, 5) is 19.5. The number of amides is 1. The molecule has 1 N–H and O–H groups in total. The Morgan fingerprint density at radius 1 is 1.26 bits per heavy atom. The Morgan fingerprint density at radius 3 is 2.65 bits per heavy atom. The number of pyridine rings is 1. The van der Waals surface area contributed by atoms with Crippen molar-refractivity contribution in [2.45, 2.75) is 31.8 Å². The Labute approximate surface area is 140 Å². The molecular weight excluding hydrogens is 317 g/mol. The lowest BCUT2D eigenvalue weighted by molar-refractivity contribution is 0.0621. The number of hydrogen-bond acceptors (Lipinski definition) is 3. The Kier molecular flexibility index (Phi) is 4.25. The van der Waals surface area contributed by atoms with E-state index in [4.69, 9.17) is 0 Å². The molecule has 0 saturated carbocycles.